The van der Waals surface area contributed by atoms with Crippen LogP contribution in [0, 0.1) is 0 Å². The molecule has 0 unspecified atom stereocenters. The standard InChI is InChI=1S/C4H8O5S/c1-4(7,3(5)6)10(2,8)9/h7H,1-2H3,(H,5,6)/t4-/m0/s1. The highest BCUT2D eigenvalue weighted by Crippen LogP contribution is 2.10. The van der Waals surface area contributed by atoms with Crippen LogP contribution < -0.4 is 0 Å². The zero-order valence-electron chi connectivity index (χ0n) is 5.53. The SMILES string of the molecule is C[C@@](O)(C(=O)O)S(C)(=O)=O. The van der Waals surface area contributed by atoms with Gasteiger partial charge in [0.15, 0.2) is 9.84 Å². The molecule has 0 bridgehead atoms. The van der Waals surface area contributed by atoms with E-state index in [4.69, 9.17) is 10.2 Å². The first-order valence-corrected chi connectivity index (χ1v) is 4.24. The lowest BCUT2D eigenvalue weighted by atomic mass is 10.4. The summed E-state index contributed by atoms with van der Waals surface area (Å²) in [5, 5.41) is 16.9. The molecule has 0 spiro atoms. The predicted molar refractivity (Wildman–Crippen MR) is 33.1 cm³/mol. The highest BCUT2D eigenvalue weighted by Gasteiger charge is 2.41. The van der Waals surface area contributed by atoms with Gasteiger partial charge in [0, 0.05) is 6.26 Å². The van der Waals surface area contributed by atoms with Gasteiger partial charge in [-0.1, -0.05) is 0 Å². The van der Waals surface area contributed by atoms with Crippen LogP contribution in [0.2, 0.25) is 0 Å². The Morgan fingerprint density at radius 2 is 1.80 bits per heavy atom. The molecule has 0 heterocycles. The van der Waals surface area contributed by atoms with Crippen molar-refractivity contribution in [3.8, 4) is 0 Å². The summed E-state index contributed by atoms with van der Waals surface area (Å²) in [6.07, 6.45) is 0.654. The fourth-order valence-electron chi connectivity index (χ4n) is 0.159. The van der Waals surface area contributed by atoms with Gasteiger partial charge in [-0.05, 0) is 6.92 Å². The van der Waals surface area contributed by atoms with E-state index in [0.717, 1.165) is 0 Å². The predicted octanol–water partition coefficient (Wildman–Crippen LogP) is -1.18. The Morgan fingerprint density at radius 3 is 1.80 bits per heavy atom. The summed E-state index contributed by atoms with van der Waals surface area (Å²) in [6.45, 7) is 0.713. The minimum atomic E-state index is -3.95. The minimum Gasteiger partial charge on any atom is -0.478 e. The van der Waals surface area contributed by atoms with E-state index in [-0.39, 0.29) is 0 Å². The lowest BCUT2D eigenvalue weighted by Gasteiger charge is -2.14. The van der Waals surface area contributed by atoms with Crippen LogP contribution in [0.15, 0.2) is 0 Å². The molecule has 10 heavy (non-hydrogen) atoms. The molecule has 2 N–H and O–H groups in total. The summed E-state index contributed by atoms with van der Waals surface area (Å²) in [4.78, 5) is 7.36. The first-order chi connectivity index (χ1) is 4.19. The van der Waals surface area contributed by atoms with Gasteiger partial charge in [0.2, 0.25) is 0 Å². The van der Waals surface area contributed by atoms with Crippen molar-refractivity contribution < 1.29 is 23.4 Å². The quantitative estimate of drug-likeness (QED) is 0.541. The van der Waals surface area contributed by atoms with Crippen molar-refractivity contribution >= 4 is 15.8 Å². The van der Waals surface area contributed by atoms with Crippen molar-refractivity contribution in [3.63, 3.8) is 0 Å². The Kier molecular flexibility index (Phi) is 2.07. The summed E-state index contributed by atoms with van der Waals surface area (Å²) >= 11 is 0. The second kappa shape index (κ2) is 2.21. The molecule has 0 aromatic heterocycles. The van der Waals surface area contributed by atoms with Crippen LogP contribution in [0.4, 0.5) is 0 Å². The number of hydrogen-bond donors (Lipinski definition) is 2. The first kappa shape index (κ1) is 9.38. The molecule has 0 radical (unpaired) electrons. The van der Waals surface area contributed by atoms with Crippen LogP contribution in [0.5, 0.6) is 0 Å². The van der Waals surface area contributed by atoms with Crippen LogP contribution in [0.1, 0.15) is 6.92 Å². The van der Waals surface area contributed by atoms with Crippen molar-refractivity contribution in [1.29, 1.82) is 0 Å². The fraction of sp³-hybridized carbons (Fsp3) is 0.750. The monoisotopic (exact) mass is 168 g/mol. The Balaban J connectivity index is 4.95. The van der Waals surface area contributed by atoms with E-state index in [0.29, 0.717) is 13.2 Å². The molecule has 0 aliphatic carbocycles. The molecule has 0 fully saturated rings. The van der Waals surface area contributed by atoms with Crippen LogP contribution in [0.3, 0.4) is 0 Å². The van der Waals surface area contributed by atoms with Crippen molar-refractivity contribution in [2.24, 2.45) is 0 Å². The van der Waals surface area contributed by atoms with Gasteiger partial charge in [-0.25, -0.2) is 13.2 Å². The Hall–Kier alpha value is -0.620. The number of aliphatic hydroxyl groups is 1. The van der Waals surface area contributed by atoms with Gasteiger partial charge < -0.3 is 10.2 Å². The van der Waals surface area contributed by atoms with Gasteiger partial charge in [-0.2, -0.15) is 0 Å². The molecule has 0 aliphatic rings. The first-order valence-electron chi connectivity index (χ1n) is 2.35. The van der Waals surface area contributed by atoms with Gasteiger partial charge in [-0.15, -0.1) is 0 Å². The second-order valence-corrected chi connectivity index (χ2v) is 4.40. The maximum Gasteiger partial charge on any atom is 0.351 e. The summed E-state index contributed by atoms with van der Waals surface area (Å²) in [5.41, 5.74) is 0. The lowest BCUT2D eigenvalue weighted by Crippen LogP contribution is -2.42. The summed E-state index contributed by atoms with van der Waals surface area (Å²) in [5.74, 6) is -1.77. The summed E-state index contributed by atoms with van der Waals surface area (Å²) in [6, 6.07) is 0. The number of hydrogen-bond acceptors (Lipinski definition) is 4. The van der Waals surface area contributed by atoms with E-state index in [2.05, 4.69) is 0 Å². The third-order valence-electron chi connectivity index (χ3n) is 1.12. The Labute approximate surface area is 58.2 Å². The van der Waals surface area contributed by atoms with Crippen LogP contribution in [-0.2, 0) is 14.6 Å². The Morgan fingerprint density at radius 1 is 1.50 bits per heavy atom. The van der Waals surface area contributed by atoms with E-state index in [1.807, 2.05) is 0 Å². The number of carbonyl (C=O) groups is 1. The molecule has 0 aromatic carbocycles. The third kappa shape index (κ3) is 1.45. The largest absolute Gasteiger partial charge is 0.478 e. The lowest BCUT2D eigenvalue weighted by molar-refractivity contribution is -0.148. The van der Waals surface area contributed by atoms with Gasteiger partial charge in [0.05, 0.1) is 0 Å². The molecule has 0 amide bonds. The molecule has 0 rings (SSSR count). The van der Waals surface area contributed by atoms with Crippen molar-refractivity contribution in [2.75, 3.05) is 6.26 Å². The van der Waals surface area contributed by atoms with Gasteiger partial charge in [0.25, 0.3) is 4.93 Å². The smallest absolute Gasteiger partial charge is 0.351 e. The molecule has 6 heteroatoms. The third-order valence-corrected chi connectivity index (χ3v) is 2.74. The van der Waals surface area contributed by atoms with Crippen LogP contribution in [0.25, 0.3) is 0 Å². The number of rotatable bonds is 2. The molecular formula is C4H8O5S. The normalized spacial score (nSPS) is 17.9. The van der Waals surface area contributed by atoms with Crippen LogP contribution in [-0.4, -0.2) is 35.8 Å². The maximum atomic E-state index is 10.5. The molecule has 0 aliphatic heterocycles. The summed E-state index contributed by atoms with van der Waals surface area (Å²) < 4.78 is 20.9. The number of carboxylic acid groups (broad SMARTS) is 1. The van der Waals surface area contributed by atoms with E-state index < -0.39 is 20.7 Å². The minimum absolute atomic E-state index is 0.654. The number of sulfone groups is 1. The van der Waals surface area contributed by atoms with Gasteiger partial charge in [0.1, 0.15) is 0 Å². The maximum absolute atomic E-state index is 10.5. The van der Waals surface area contributed by atoms with E-state index in [1.54, 1.807) is 0 Å². The molecule has 0 aromatic rings. The molecule has 0 saturated carbocycles. The van der Waals surface area contributed by atoms with E-state index >= 15 is 0 Å². The zero-order valence-corrected chi connectivity index (χ0v) is 6.34. The topological polar surface area (TPSA) is 91.7 Å². The van der Waals surface area contributed by atoms with Crippen LogP contribution >= 0.6 is 0 Å². The molecular weight excluding hydrogens is 160 g/mol. The van der Waals surface area contributed by atoms with Crippen molar-refractivity contribution in [3.05, 3.63) is 0 Å². The van der Waals surface area contributed by atoms with Gasteiger partial charge >= 0.3 is 5.97 Å². The molecule has 60 valence electrons. The number of aliphatic carboxylic acids is 1. The second-order valence-electron chi connectivity index (χ2n) is 2.06. The van der Waals surface area contributed by atoms with Crippen molar-refractivity contribution in [2.45, 2.75) is 11.9 Å². The molecule has 1 atom stereocenters. The van der Waals surface area contributed by atoms with Crippen molar-refractivity contribution in [1.82, 2.24) is 0 Å². The highest BCUT2D eigenvalue weighted by molar-refractivity contribution is 7.92. The van der Waals surface area contributed by atoms with E-state index in [9.17, 15) is 13.2 Å². The average Bonchev–Trinajstić information content (AvgIpc) is 1.62. The average molecular weight is 168 g/mol. The molecule has 0 saturated heterocycles. The number of carboxylic acids is 1. The highest BCUT2D eigenvalue weighted by atomic mass is 32.2. The fourth-order valence-corrected chi connectivity index (χ4v) is 0.476. The molecule has 5 nitrogen and oxygen atoms in total. The zero-order chi connectivity index (χ0) is 8.58. The van der Waals surface area contributed by atoms with Gasteiger partial charge in [-0.3, -0.25) is 0 Å². The Bertz CT molecular complexity index is 236. The van der Waals surface area contributed by atoms with E-state index in [1.165, 1.54) is 0 Å². The summed E-state index contributed by atoms with van der Waals surface area (Å²) in [7, 11) is -3.95.